The smallest absolute Gasteiger partial charge is 0.331 e. The van der Waals surface area contributed by atoms with E-state index in [1.54, 1.807) is 17.5 Å². The van der Waals surface area contributed by atoms with Gasteiger partial charge in [0.05, 0.1) is 24.3 Å². The molecule has 0 atom stereocenters. The fourth-order valence-electron chi connectivity index (χ4n) is 1.78. The molecule has 0 N–H and O–H groups in total. The molecule has 0 radical (unpaired) electrons. The van der Waals surface area contributed by atoms with Gasteiger partial charge in [0, 0.05) is 17.5 Å². The van der Waals surface area contributed by atoms with Crippen LogP contribution in [0.2, 0.25) is 0 Å². The Morgan fingerprint density at radius 3 is 2.95 bits per heavy atom. The molecule has 0 fully saturated rings. The monoisotopic (exact) mass is 306 g/mol. The number of carbonyl (C=O) groups is 1. The number of methoxy groups -OCH3 is 1. The van der Waals surface area contributed by atoms with Crippen molar-refractivity contribution >= 4 is 17.3 Å². The minimum atomic E-state index is -0.376. The highest BCUT2D eigenvalue weighted by Crippen LogP contribution is 2.28. The van der Waals surface area contributed by atoms with Crippen LogP contribution in [0.25, 0.3) is 10.6 Å². The van der Waals surface area contributed by atoms with Crippen molar-refractivity contribution < 1.29 is 14.3 Å². The Balaban J connectivity index is 2.09. The van der Waals surface area contributed by atoms with Crippen molar-refractivity contribution in [2.75, 3.05) is 13.7 Å². The lowest BCUT2D eigenvalue weighted by molar-refractivity contribution is -0.146. The van der Waals surface area contributed by atoms with Gasteiger partial charge in [-0.1, -0.05) is 6.92 Å². The van der Waals surface area contributed by atoms with Crippen molar-refractivity contribution in [1.82, 2.24) is 9.97 Å². The number of hydrogen-bond acceptors (Lipinski definition) is 6. The van der Waals surface area contributed by atoms with E-state index < -0.39 is 0 Å². The Bertz CT molecular complexity index is 625. The van der Waals surface area contributed by atoms with E-state index in [0.717, 1.165) is 33.3 Å². The third-order valence-electron chi connectivity index (χ3n) is 3.00. The minimum Gasteiger partial charge on any atom is -0.467 e. The van der Waals surface area contributed by atoms with Crippen LogP contribution in [-0.4, -0.2) is 29.7 Å². The summed E-state index contributed by atoms with van der Waals surface area (Å²) in [7, 11) is 1.34. The van der Waals surface area contributed by atoms with Crippen LogP contribution in [0.15, 0.2) is 18.3 Å². The number of esters is 1. The number of hydrogen-bond donors (Lipinski definition) is 0. The third kappa shape index (κ3) is 4.09. The molecular formula is C15H18N2O3S. The van der Waals surface area contributed by atoms with Gasteiger partial charge in [0.1, 0.15) is 11.6 Å². The van der Waals surface area contributed by atoms with Gasteiger partial charge in [0.2, 0.25) is 0 Å². The molecule has 0 saturated carbocycles. The van der Waals surface area contributed by atoms with Gasteiger partial charge >= 0.3 is 5.97 Å². The molecule has 2 aromatic rings. The highest BCUT2D eigenvalue weighted by atomic mass is 32.1. The quantitative estimate of drug-likeness (QED) is 0.768. The second-order valence-electron chi connectivity index (χ2n) is 4.49. The molecule has 0 aromatic carbocycles. The molecule has 0 aliphatic heterocycles. The fraction of sp³-hybridized carbons (Fsp3) is 0.400. The lowest BCUT2D eigenvalue weighted by Crippen LogP contribution is -2.09. The lowest BCUT2D eigenvalue weighted by atomic mass is 10.2. The molecule has 0 aliphatic carbocycles. The molecular weight excluding hydrogens is 288 g/mol. The number of pyridine rings is 1. The molecule has 2 heterocycles. The molecule has 0 spiro atoms. The molecule has 0 aliphatic rings. The zero-order valence-electron chi connectivity index (χ0n) is 12.4. The van der Waals surface area contributed by atoms with Gasteiger partial charge in [-0.2, -0.15) is 0 Å². The maximum Gasteiger partial charge on any atom is 0.331 e. The van der Waals surface area contributed by atoms with Crippen molar-refractivity contribution in [3.63, 3.8) is 0 Å². The third-order valence-corrected chi connectivity index (χ3v) is 4.18. The molecule has 2 aromatic heterocycles. The Morgan fingerprint density at radius 2 is 2.24 bits per heavy atom. The van der Waals surface area contributed by atoms with Gasteiger partial charge in [-0.05, 0) is 25.5 Å². The highest BCUT2D eigenvalue weighted by Gasteiger charge is 2.11. The Morgan fingerprint density at radius 1 is 1.43 bits per heavy atom. The Labute approximate surface area is 128 Å². The van der Waals surface area contributed by atoms with Crippen LogP contribution in [0.5, 0.6) is 0 Å². The van der Waals surface area contributed by atoms with E-state index in [1.165, 1.54) is 7.11 Å². The topological polar surface area (TPSA) is 61.3 Å². The zero-order chi connectivity index (χ0) is 15.2. The molecule has 5 nitrogen and oxygen atoms in total. The molecule has 21 heavy (non-hydrogen) atoms. The summed E-state index contributed by atoms with van der Waals surface area (Å²) >= 11 is 1.58. The van der Waals surface area contributed by atoms with E-state index in [-0.39, 0.29) is 12.6 Å². The van der Waals surface area contributed by atoms with E-state index in [9.17, 15) is 4.79 Å². The summed E-state index contributed by atoms with van der Waals surface area (Å²) in [4.78, 5) is 20.9. The predicted octanol–water partition coefficient (Wildman–Crippen LogP) is 2.77. The van der Waals surface area contributed by atoms with Crippen LogP contribution < -0.4 is 0 Å². The summed E-state index contributed by atoms with van der Waals surface area (Å²) in [6.07, 6.45) is 2.70. The van der Waals surface area contributed by atoms with Crippen molar-refractivity contribution in [1.29, 1.82) is 0 Å². The number of rotatable bonds is 6. The second-order valence-corrected chi connectivity index (χ2v) is 5.57. The number of nitrogens with zero attached hydrogens (tertiary/aromatic N) is 2. The van der Waals surface area contributed by atoms with Crippen LogP contribution in [0.1, 0.15) is 23.2 Å². The number of thiazole rings is 1. The first-order valence-electron chi connectivity index (χ1n) is 6.70. The lowest BCUT2D eigenvalue weighted by Gasteiger charge is -2.01. The first-order valence-corrected chi connectivity index (χ1v) is 7.51. The van der Waals surface area contributed by atoms with Gasteiger partial charge in [0.15, 0.2) is 0 Å². The highest BCUT2D eigenvalue weighted by molar-refractivity contribution is 7.15. The molecule has 0 saturated heterocycles. The standard InChI is InChI=1S/C15H18N2O3S/c1-4-12-7-11(5-6-16-12)15-17-10(2)13(21-15)8-20-9-14(18)19-3/h5-7H,4,8-9H2,1-3H3. The summed E-state index contributed by atoms with van der Waals surface area (Å²) in [5, 5.41) is 0.946. The normalized spacial score (nSPS) is 10.6. The van der Waals surface area contributed by atoms with Crippen LogP contribution >= 0.6 is 11.3 Å². The van der Waals surface area contributed by atoms with E-state index in [0.29, 0.717) is 6.61 Å². The SMILES string of the molecule is CCc1cc(-c2nc(C)c(COCC(=O)OC)s2)ccn1. The predicted molar refractivity (Wildman–Crippen MR) is 81.1 cm³/mol. The molecule has 112 valence electrons. The second kappa shape index (κ2) is 7.28. The molecule has 0 amide bonds. The van der Waals surface area contributed by atoms with Crippen LogP contribution in [-0.2, 0) is 27.3 Å². The first-order chi connectivity index (χ1) is 10.1. The summed E-state index contributed by atoms with van der Waals surface area (Å²) in [5.41, 5.74) is 3.03. The van der Waals surface area contributed by atoms with E-state index in [1.807, 2.05) is 13.0 Å². The summed E-state index contributed by atoms with van der Waals surface area (Å²) < 4.78 is 9.87. The summed E-state index contributed by atoms with van der Waals surface area (Å²) in [6, 6.07) is 4.01. The van der Waals surface area contributed by atoms with Crippen LogP contribution in [0.4, 0.5) is 0 Å². The van der Waals surface area contributed by atoms with Crippen molar-refractivity contribution in [3.05, 3.63) is 34.6 Å². The average Bonchev–Trinajstić information content (AvgIpc) is 2.88. The molecule has 6 heteroatoms. The van der Waals surface area contributed by atoms with Gasteiger partial charge < -0.3 is 9.47 Å². The number of aryl methyl sites for hydroxylation is 2. The van der Waals surface area contributed by atoms with Crippen molar-refractivity contribution in [2.24, 2.45) is 0 Å². The zero-order valence-corrected chi connectivity index (χ0v) is 13.2. The van der Waals surface area contributed by atoms with Crippen molar-refractivity contribution in [2.45, 2.75) is 26.9 Å². The molecule has 0 bridgehead atoms. The molecule has 2 rings (SSSR count). The number of ether oxygens (including phenoxy) is 2. The summed E-state index contributed by atoms with van der Waals surface area (Å²) in [5.74, 6) is -0.376. The first kappa shape index (κ1) is 15.6. The maximum absolute atomic E-state index is 11.0. The van der Waals surface area contributed by atoms with Crippen LogP contribution in [0, 0.1) is 6.92 Å². The number of aromatic nitrogens is 2. The minimum absolute atomic E-state index is 0.0432. The Kier molecular flexibility index (Phi) is 5.41. The maximum atomic E-state index is 11.0. The van der Waals surface area contributed by atoms with Gasteiger partial charge in [-0.3, -0.25) is 4.98 Å². The van der Waals surface area contributed by atoms with E-state index in [2.05, 4.69) is 27.7 Å². The van der Waals surface area contributed by atoms with Gasteiger partial charge in [-0.25, -0.2) is 9.78 Å². The Hall–Kier alpha value is -1.79. The average molecular weight is 306 g/mol. The summed E-state index contributed by atoms with van der Waals surface area (Å²) in [6.45, 7) is 4.34. The van der Waals surface area contributed by atoms with Crippen molar-refractivity contribution in [3.8, 4) is 10.6 Å². The van der Waals surface area contributed by atoms with Crippen LogP contribution in [0.3, 0.4) is 0 Å². The van der Waals surface area contributed by atoms with Gasteiger partial charge in [0.25, 0.3) is 0 Å². The fourth-order valence-corrected chi connectivity index (χ4v) is 2.77. The van der Waals surface area contributed by atoms with E-state index in [4.69, 9.17) is 4.74 Å². The largest absolute Gasteiger partial charge is 0.467 e. The molecule has 0 unspecified atom stereocenters. The van der Waals surface area contributed by atoms with E-state index >= 15 is 0 Å². The number of carbonyl (C=O) groups excluding carboxylic acids is 1. The van der Waals surface area contributed by atoms with Gasteiger partial charge in [-0.15, -0.1) is 11.3 Å².